The fourth-order valence-electron chi connectivity index (χ4n) is 3.16. The molecule has 26 heavy (non-hydrogen) atoms. The molecule has 0 bridgehead atoms. The van der Waals surface area contributed by atoms with E-state index in [0.717, 1.165) is 16.9 Å². The van der Waals surface area contributed by atoms with Crippen LogP contribution in [0.3, 0.4) is 0 Å². The first-order valence-corrected chi connectivity index (χ1v) is 8.63. The van der Waals surface area contributed by atoms with Gasteiger partial charge in [0.2, 0.25) is 0 Å². The number of hydrogen-bond acceptors (Lipinski definition) is 5. The van der Waals surface area contributed by atoms with E-state index in [1.54, 1.807) is 12.1 Å². The highest BCUT2D eigenvalue weighted by Crippen LogP contribution is 2.28. The molecule has 7 heteroatoms. The summed E-state index contributed by atoms with van der Waals surface area (Å²) in [6.45, 7) is 6.18. The number of furan rings is 1. The molecule has 0 aliphatic heterocycles. The Morgan fingerprint density at radius 1 is 1.23 bits per heavy atom. The van der Waals surface area contributed by atoms with Crippen molar-refractivity contribution < 1.29 is 9.52 Å². The molecule has 0 spiro atoms. The SMILES string of the molecule is Cc1ccc2nc([C@H](C(C)C)n3cc(-c4ccc(CO)o4)nn3)[nH]c2c1. The molecule has 3 aromatic heterocycles. The van der Waals surface area contributed by atoms with E-state index in [4.69, 9.17) is 14.5 Å². The molecule has 0 unspecified atom stereocenters. The van der Waals surface area contributed by atoms with Crippen LogP contribution in [-0.2, 0) is 6.61 Å². The lowest BCUT2D eigenvalue weighted by molar-refractivity contribution is 0.248. The molecule has 0 aliphatic rings. The van der Waals surface area contributed by atoms with E-state index in [2.05, 4.69) is 48.2 Å². The Balaban J connectivity index is 1.72. The first-order valence-electron chi connectivity index (χ1n) is 8.63. The highest BCUT2D eigenvalue weighted by molar-refractivity contribution is 5.75. The number of aromatic amines is 1. The van der Waals surface area contributed by atoms with Crippen molar-refractivity contribution in [2.75, 3.05) is 0 Å². The second-order valence-electron chi connectivity index (χ2n) is 6.84. The summed E-state index contributed by atoms with van der Waals surface area (Å²) < 4.78 is 7.36. The predicted molar refractivity (Wildman–Crippen MR) is 97.5 cm³/mol. The zero-order chi connectivity index (χ0) is 18.3. The van der Waals surface area contributed by atoms with Crippen LogP contribution in [0.2, 0.25) is 0 Å². The van der Waals surface area contributed by atoms with E-state index in [1.807, 2.05) is 16.9 Å². The molecule has 3 heterocycles. The number of aliphatic hydroxyl groups is 1. The third-order valence-corrected chi connectivity index (χ3v) is 4.43. The molecule has 1 atom stereocenters. The van der Waals surface area contributed by atoms with Gasteiger partial charge in [-0.2, -0.15) is 0 Å². The highest BCUT2D eigenvalue weighted by Gasteiger charge is 2.24. The number of aromatic nitrogens is 5. The molecule has 7 nitrogen and oxygen atoms in total. The Morgan fingerprint density at radius 3 is 2.81 bits per heavy atom. The van der Waals surface area contributed by atoms with Crippen molar-refractivity contribution in [3.05, 3.63) is 53.7 Å². The third kappa shape index (κ3) is 2.90. The van der Waals surface area contributed by atoms with E-state index in [-0.39, 0.29) is 18.6 Å². The van der Waals surface area contributed by atoms with Gasteiger partial charge in [-0.1, -0.05) is 25.1 Å². The maximum atomic E-state index is 9.15. The molecule has 4 rings (SSSR count). The Hall–Kier alpha value is -2.93. The summed E-state index contributed by atoms with van der Waals surface area (Å²) >= 11 is 0. The van der Waals surface area contributed by atoms with Gasteiger partial charge in [-0.25, -0.2) is 9.67 Å². The lowest BCUT2D eigenvalue weighted by atomic mass is 10.0. The second kappa shape index (κ2) is 6.42. The Kier molecular flexibility index (Phi) is 4.08. The number of hydrogen-bond donors (Lipinski definition) is 2. The largest absolute Gasteiger partial charge is 0.457 e. The van der Waals surface area contributed by atoms with Gasteiger partial charge in [-0.15, -0.1) is 5.10 Å². The number of aryl methyl sites for hydroxylation is 1. The molecular formula is C19H21N5O2. The van der Waals surface area contributed by atoms with E-state index in [9.17, 15) is 0 Å². The van der Waals surface area contributed by atoms with Crippen molar-refractivity contribution in [2.24, 2.45) is 5.92 Å². The van der Waals surface area contributed by atoms with Crippen LogP contribution < -0.4 is 0 Å². The second-order valence-corrected chi connectivity index (χ2v) is 6.84. The van der Waals surface area contributed by atoms with E-state index < -0.39 is 0 Å². The van der Waals surface area contributed by atoms with E-state index in [1.165, 1.54) is 5.56 Å². The third-order valence-electron chi connectivity index (χ3n) is 4.43. The van der Waals surface area contributed by atoms with Crippen LogP contribution in [0, 0.1) is 12.8 Å². The van der Waals surface area contributed by atoms with Gasteiger partial charge in [0.15, 0.2) is 5.76 Å². The Bertz CT molecular complexity index is 1040. The minimum Gasteiger partial charge on any atom is -0.457 e. The molecule has 134 valence electrons. The molecule has 0 saturated carbocycles. The lowest BCUT2D eigenvalue weighted by Crippen LogP contribution is -2.18. The number of nitrogens with zero attached hydrogens (tertiary/aromatic N) is 4. The number of aliphatic hydroxyl groups excluding tert-OH is 1. The number of imidazole rings is 1. The molecule has 0 saturated heterocycles. The predicted octanol–water partition coefficient (Wildman–Crippen LogP) is 3.46. The van der Waals surface area contributed by atoms with Crippen LogP contribution in [0.4, 0.5) is 0 Å². The number of fused-ring (bicyclic) bond motifs is 1. The zero-order valence-electron chi connectivity index (χ0n) is 15.0. The van der Waals surface area contributed by atoms with Crippen molar-refractivity contribution in [3.8, 4) is 11.5 Å². The maximum Gasteiger partial charge on any atom is 0.156 e. The first-order chi connectivity index (χ1) is 12.5. The van der Waals surface area contributed by atoms with Crippen molar-refractivity contribution in [2.45, 2.75) is 33.4 Å². The van der Waals surface area contributed by atoms with Crippen LogP contribution >= 0.6 is 0 Å². The Morgan fingerprint density at radius 2 is 2.08 bits per heavy atom. The molecule has 0 radical (unpaired) electrons. The van der Waals surface area contributed by atoms with Gasteiger partial charge in [0.1, 0.15) is 29.9 Å². The molecule has 0 aliphatic carbocycles. The standard InChI is InChI=1S/C19H21N5O2/c1-11(2)18(19-20-14-6-4-12(3)8-15(14)21-19)24-9-16(22-23-24)17-7-5-13(10-25)26-17/h4-9,11,18,25H,10H2,1-3H3,(H,20,21)/t18-/m0/s1. The van der Waals surface area contributed by atoms with Crippen molar-refractivity contribution in [1.82, 2.24) is 25.0 Å². The molecule has 2 N–H and O–H groups in total. The molecular weight excluding hydrogens is 330 g/mol. The summed E-state index contributed by atoms with van der Waals surface area (Å²) in [4.78, 5) is 8.17. The van der Waals surface area contributed by atoms with Crippen LogP contribution in [0.25, 0.3) is 22.5 Å². The zero-order valence-corrected chi connectivity index (χ0v) is 15.0. The molecule has 0 fully saturated rings. The minimum atomic E-state index is -0.138. The smallest absolute Gasteiger partial charge is 0.156 e. The van der Waals surface area contributed by atoms with Crippen LogP contribution in [0.1, 0.15) is 37.0 Å². The van der Waals surface area contributed by atoms with Gasteiger partial charge in [0.05, 0.1) is 17.2 Å². The van der Waals surface area contributed by atoms with Gasteiger partial charge in [0, 0.05) is 0 Å². The van der Waals surface area contributed by atoms with Crippen LogP contribution in [-0.4, -0.2) is 30.1 Å². The van der Waals surface area contributed by atoms with Gasteiger partial charge in [0.25, 0.3) is 0 Å². The summed E-state index contributed by atoms with van der Waals surface area (Å²) in [5.41, 5.74) is 3.77. The minimum absolute atomic E-state index is 0.0729. The summed E-state index contributed by atoms with van der Waals surface area (Å²) in [6.07, 6.45) is 1.85. The fourth-order valence-corrected chi connectivity index (χ4v) is 3.16. The van der Waals surface area contributed by atoms with E-state index in [0.29, 0.717) is 17.2 Å². The maximum absolute atomic E-state index is 9.15. The number of H-pyrrole nitrogens is 1. The van der Waals surface area contributed by atoms with Crippen LogP contribution in [0.5, 0.6) is 0 Å². The number of rotatable bonds is 5. The normalized spacial score (nSPS) is 13.0. The average Bonchev–Trinajstić information content (AvgIpc) is 3.33. The van der Waals surface area contributed by atoms with Crippen LogP contribution in [0.15, 0.2) is 40.9 Å². The van der Waals surface area contributed by atoms with E-state index >= 15 is 0 Å². The Labute approximate surface area is 150 Å². The van der Waals surface area contributed by atoms with Crippen molar-refractivity contribution in [3.63, 3.8) is 0 Å². The summed E-state index contributed by atoms with van der Waals surface area (Å²) in [5, 5.41) is 17.7. The summed E-state index contributed by atoms with van der Waals surface area (Å²) in [6, 6.07) is 9.62. The van der Waals surface area contributed by atoms with Crippen molar-refractivity contribution >= 4 is 11.0 Å². The highest BCUT2D eigenvalue weighted by atomic mass is 16.4. The summed E-state index contributed by atoms with van der Waals surface area (Å²) in [5.74, 6) is 2.20. The molecule has 4 aromatic rings. The van der Waals surface area contributed by atoms with Gasteiger partial charge >= 0.3 is 0 Å². The van der Waals surface area contributed by atoms with Gasteiger partial charge in [-0.05, 0) is 42.7 Å². The quantitative estimate of drug-likeness (QED) is 0.574. The lowest BCUT2D eigenvalue weighted by Gasteiger charge is -2.18. The molecule has 0 amide bonds. The van der Waals surface area contributed by atoms with Gasteiger partial charge < -0.3 is 14.5 Å². The average molecular weight is 351 g/mol. The van der Waals surface area contributed by atoms with Crippen molar-refractivity contribution in [1.29, 1.82) is 0 Å². The first kappa shape index (κ1) is 16.5. The number of benzene rings is 1. The van der Waals surface area contributed by atoms with Gasteiger partial charge in [-0.3, -0.25) is 0 Å². The molecule has 1 aromatic carbocycles. The monoisotopic (exact) mass is 351 g/mol. The number of nitrogens with one attached hydrogen (secondary N) is 1. The summed E-state index contributed by atoms with van der Waals surface area (Å²) in [7, 11) is 0. The topological polar surface area (TPSA) is 92.8 Å². The fraction of sp³-hybridized carbons (Fsp3) is 0.316.